The molecule has 2 nitrogen and oxygen atoms in total. The Balaban J connectivity index is 2.37. The number of halogens is 3. The van der Waals surface area contributed by atoms with Crippen LogP contribution >= 0.6 is 0 Å². The van der Waals surface area contributed by atoms with Crippen LogP contribution in [0.2, 0.25) is 5.82 Å². The van der Waals surface area contributed by atoms with Gasteiger partial charge in [-0.1, -0.05) is 38.4 Å². The highest BCUT2D eigenvalue weighted by Gasteiger charge is 2.34. The Morgan fingerprint density at radius 1 is 1.29 bits per heavy atom. The van der Waals surface area contributed by atoms with Crippen LogP contribution in [0.5, 0.6) is 0 Å². The Morgan fingerprint density at radius 2 is 1.88 bits per heavy atom. The van der Waals surface area contributed by atoms with Crippen molar-refractivity contribution in [1.29, 1.82) is 0 Å². The van der Waals surface area contributed by atoms with Gasteiger partial charge in [0.05, 0.1) is 0 Å². The zero-order valence-corrected chi connectivity index (χ0v) is 10.2. The number of carbonyl (C=O) groups is 1. The third kappa shape index (κ3) is 5.00. The fourth-order valence-electron chi connectivity index (χ4n) is 2.32. The van der Waals surface area contributed by atoms with Crippen molar-refractivity contribution in [2.75, 3.05) is 0 Å². The minimum absolute atomic E-state index is 0.0123. The van der Waals surface area contributed by atoms with Crippen molar-refractivity contribution in [3.63, 3.8) is 0 Å². The molecule has 100 valence electrons. The molecule has 0 saturated heterocycles. The molecular formula is C11H20BF3NO-. The molecule has 1 aliphatic rings. The lowest BCUT2D eigenvalue weighted by Crippen LogP contribution is -2.38. The highest BCUT2D eigenvalue weighted by Crippen LogP contribution is 2.32. The van der Waals surface area contributed by atoms with E-state index in [1.54, 1.807) is 0 Å². The zero-order chi connectivity index (χ0) is 12.9. The second-order valence-electron chi connectivity index (χ2n) is 4.90. The molecule has 1 saturated carbocycles. The summed E-state index contributed by atoms with van der Waals surface area (Å²) in [5.41, 5.74) is 0. The Labute approximate surface area is 100 Å². The Morgan fingerprint density at radius 3 is 2.35 bits per heavy atom. The first-order valence-corrected chi connectivity index (χ1v) is 6.42. The maximum absolute atomic E-state index is 12.5. The monoisotopic (exact) mass is 250 g/mol. The van der Waals surface area contributed by atoms with E-state index in [0.29, 0.717) is 0 Å². The van der Waals surface area contributed by atoms with Gasteiger partial charge < -0.3 is 18.3 Å². The van der Waals surface area contributed by atoms with Gasteiger partial charge in [-0.3, -0.25) is 4.79 Å². The summed E-state index contributed by atoms with van der Waals surface area (Å²) in [7, 11) is 0. The molecule has 0 heterocycles. The van der Waals surface area contributed by atoms with Crippen molar-refractivity contribution in [3.05, 3.63) is 0 Å². The molecule has 1 aliphatic carbocycles. The molecule has 0 unspecified atom stereocenters. The maximum atomic E-state index is 12.5. The average molecular weight is 250 g/mol. The smallest absolute Gasteiger partial charge is 0.449 e. The molecular weight excluding hydrogens is 230 g/mol. The van der Waals surface area contributed by atoms with E-state index >= 15 is 0 Å². The number of rotatable bonds is 5. The van der Waals surface area contributed by atoms with Crippen molar-refractivity contribution in [2.45, 2.75) is 63.7 Å². The van der Waals surface area contributed by atoms with Crippen LogP contribution in [0.15, 0.2) is 0 Å². The van der Waals surface area contributed by atoms with Crippen LogP contribution in [0, 0.1) is 0 Å². The van der Waals surface area contributed by atoms with Crippen molar-refractivity contribution >= 4 is 12.9 Å². The Hall–Kier alpha value is -0.675. The van der Waals surface area contributed by atoms with Gasteiger partial charge in [-0.05, 0) is 12.8 Å². The standard InChI is InChI=1S/C11H20BF3NO/c1-2-9(12(13,14)15)8-11(17)16-10-6-4-3-5-7-10/h9-10H,2-8H2,1H3,(H,16,17)/q-1/t9-/m1/s1. The second kappa shape index (κ2) is 6.31. The number of amides is 1. The molecule has 6 heteroatoms. The summed E-state index contributed by atoms with van der Waals surface area (Å²) in [5.74, 6) is -1.89. The summed E-state index contributed by atoms with van der Waals surface area (Å²) >= 11 is 0. The molecule has 0 aromatic rings. The second-order valence-corrected chi connectivity index (χ2v) is 4.90. The first kappa shape index (κ1) is 14.4. The fourth-order valence-corrected chi connectivity index (χ4v) is 2.32. The predicted octanol–water partition coefficient (Wildman–Crippen LogP) is 3.45. The molecule has 1 atom stereocenters. The highest BCUT2D eigenvalue weighted by molar-refractivity contribution is 6.60. The Bertz CT molecular complexity index is 252. The van der Waals surface area contributed by atoms with Gasteiger partial charge in [0.15, 0.2) is 0 Å². The molecule has 1 fully saturated rings. The molecule has 0 aromatic carbocycles. The topological polar surface area (TPSA) is 29.1 Å². The minimum Gasteiger partial charge on any atom is -0.449 e. The van der Waals surface area contributed by atoms with Gasteiger partial charge in [-0.15, -0.1) is 0 Å². The SMILES string of the molecule is CC[C@H](CC(=O)NC1CCCCC1)[B-](F)(F)F. The largest absolute Gasteiger partial charge is 0.481 e. The first-order valence-electron chi connectivity index (χ1n) is 6.42. The normalized spacial score (nSPS) is 20.0. The van der Waals surface area contributed by atoms with E-state index in [1.165, 1.54) is 6.92 Å². The lowest BCUT2D eigenvalue weighted by Gasteiger charge is -2.27. The van der Waals surface area contributed by atoms with Crippen LogP contribution < -0.4 is 5.32 Å². The highest BCUT2D eigenvalue weighted by atomic mass is 19.4. The van der Waals surface area contributed by atoms with E-state index in [1.807, 2.05) is 0 Å². The van der Waals surface area contributed by atoms with Gasteiger partial charge in [-0.2, -0.15) is 0 Å². The Kier molecular flexibility index (Phi) is 5.34. The predicted molar refractivity (Wildman–Crippen MR) is 62.8 cm³/mol. The molecule has 1 N–H and O–H groups in total. The summed E-state index contributed by atoms with van der Waals surface area (Å²) in [5, 5.41) is 2.73. The maximum Gasteiger partial charge on any atom is 0.481 e. The van der Waals surface area contributed by atoms with Crippen LogP contribution in [-0.2, 0) is 4.79 Å². The molecule has 0 radical (unpaired) electrons. The molecule has 1 rings (SSSR count). The van der Waals surface area contributed by atoms with Crippen molar-refractivity contribution in [3.8, 4) is 0 Å². The third-order valence-electron chi connectivity index (χ3n) is 3.48. The van der Waals surface area contributed by atoms with Crippen molar-refractivity contribution in [1.82, 2.24) is 5.32 Å². The van der Waals surface area contributed by atoms with E-state index in [4.69, 9.17) is 0 Å². The van der Waals surface area contributed by atoms with Gasteiger partial charge in [0.1, 0.15) is 0 Å². The minimum atomic E-state index is -4.90. The van der Waals surface area contributed by atoms with Crippen molar-refractivity contribution < 1.29 is 17.7 Å². The van der Waals surface area contributed by atoms with E-state index < -0.39 is 25.1 Å². The van der Waals surface area contributed by atoms with Crippen molar-refractivity contribution in [2.24, 2.45) is 0 Å². The molecule has 0 aliphatic heterocycles. The molecule has 0 bridgehead atoms. The van der Waals surface area contributed by atoms with E-state index in [-0.39, 0.29) is 12.5 Å². The first-order chi connectivity index (χ1) is 7.93. The fraction of sp³-hybridized carbons (Fsp3) is 0.909. The van der Waals surface area contributed by atoms with Gasteiger partial charge in [0.25, 0.3) is 0 Å². The van der Waals surface area contributed by atoms with Crippen LogP contribution in [0.25, 0.3) is 0 Å². The molecule has 0 spiro atoms. The van der Waals surface area contributed by atoms with E-state index in [0.717, 1.165) is 32.1 Å². The van der Waals surface area contributed by atoms with Crippen LogP contribution in [0.1, 0.15) is 51.9 Å². The quantitative estimate of drug-likeness (QED) is 0.744. The number of hydrogen-bond donors (Lipinski definition) is 1. The number of carbonyl (C=O) groups excluding carboxylic acids is 1. The number of hydrogen-bond acceptors (Lipinski definition) is 1. The summed E-state index contributed by atoms with van der Waals surface area (Å²) in [4.78, 5) is 11.5. The van der Waals surface area contributed by atoms with E-state index in [2.05, 4.69) is 5.32 Å². The van der Waals surface area contributed by atoms with Crippen LogP contribution in [-0.4, -0.2) is 18.9 Å². The average Bonchev–Trinajstić information content (AvgIpc) is 2.25. The third-order valence-corrected chi connectivity index (χ3v) is 3.48. The lowest BCUT2D eigenvalue weighted by atomic mass is 9.69. The summed E-state index contributed by atoms with van der Waals surface area (Å²) in [6.07, 6.45) is 4.67. The van der Waals surface area contributed by atoms with Gasteiger partial charge in [0.2, 0.25) is 5.91 Å². The summed E-state index contributed by atoms with van der Waals surface area (Å²) < 4.78 is 37.6. The molecule has 0 aromatic heterocycles. The lowest BCUT2D eigenvalue weighted by molar-refractivity contribution is -0.122. The molecule has 17 heavy (non-hydrogen) atoms. The van der Waals surface area contributed by atoms with Gasteiger partial charge in [-0.25, -0.2) is 0 Å². The molecule has 1 amide bonds. The summed E-state index contributed by atoms with van der Waals surface area (Å²) in [6, 6.07) is 0.0921. The zero-order valence-electron chi connectivity index (χ0n) is 10.2. The van der Waals surface area contributed by atoms with Gasteiger partial charge >= 0.3 is 6.98 Å². The van der Waals surface area contributed by atoms with Crippen LogP contribution in [0.4, 0.5) is 12.9 Å². The summed E-state index contributed by atoms with van der Waals surface area (Å²) in [6.45, 7) is -3.42. The van der Waals surface area contributed by atoms with Crippen LogP contribution in [0.3, 0.4) is 0 Å². The van der Waals surface area contributed by atoms with Gasteiger partial charge in [0, 0.05) is 12.5 Å². The van der Waals surface area contributed by atoms with E-state index in [9.17, 15) is 17.7 Å². The number of nitrogens with one attached hydrogen (secondary N) is 1.